The number of thiophene rings is 1. The maximum absolute atomic E-state index is 13.2. The minimum atomic E-state index is -4.72. The second kappa shape index (κ2) is 5.18. The molecule has 108 valence electrons. The Morgan fingerprint density at radius 1 is 1.15 bits per heavy atom. The van der Waals surface area contributed by atoms with Gasteiger partial charge >= 0.3 is 6.18 Å². The molecule has 20 heavy (non-hydrogen) atoms. The molecule has 2 N–H and O–H groups in total. The summed E-state index contributed by atoms with van der Waals surface area (Å²) in [5.41, 5.74) is 5.99. The van der Waals surface area contributed by atoms with Gasteiger partial charge in [-0.1, -0.05) is 6.07 Å². The number of aryl methyl sites for hydroxylation is 2. The first-order valence-electron chi connectivity index (χ1n) is 5.89. The molecule has 0 aliphatic rings. The first-order valence-corrected chi connectivity index (χ1v) is 6.71. The van der Waals surface area contributed by atoms with E-state index in [9.17, 15) is 17.6 Å². The lowest BCUT2D eigenvalue weighted by atomic mass is 10.0. The molecule has 0 saturated carbocycles. The van der Waals surface area contributed by atoms with Gasteiger partial charge in [-0.25, -0.2) is 4.39 Å². The molecular weight excluding hydrogens is 290 g/mol. The average molecular weight is 303 g/mol. The number of hydrogen-bond acceptors (Lipinski definition) is 2. The highest BCUT2D eigenvalue weighted by Gasteiger charge is 2.34. The highest BCUT2D eigenvalue weighted by molar-refractivity contribution is 7.12. The molecule has 2 aromatic rings. The molecule has 0 aliphatic carbocycles. The summed E-state index contributed by atoms with van der Waals surface area (Å²) < 4.78 is 51.3. The zero-order valence-corrected chi connectivity index (χ0v) is 11.7. The Morgan fingerprint density at radius 2 is 1.80 bits per heavy atom. The van der Waals surface area contributed by atoms with Crippen LogP contribution in [0.25, 0.3) is 0 Å². The third-order valence-electron chi connectivity index (χ3n) is 3.15. The van der Waals surface area contributed by atoms with Crippen LogP contribution in [0.5, 0.6) is 0 Å². The van der Waals surface area contributed by atoms with Gasteiger partial charge in [-0.3, -0.25) is 0 Å². The van der Waals surface area contributed by atoms with Crippen molar-refractivity contribution in [2.75, 3.05) is 0 Å². The molecule has 1 atom stereocenters. The Kier molecular flexibility index (Phi) is 3.88. The van der Waals surface area contributed by atoms with Crippen LogP contribution in [0.1, 0.15) is 32.5 Å². The average Bonchev–Trinajstić information content (AvgIpc) is 2.68. The van der Waals surface area contributed by atoms with Crippen LogP contribution in [0.2, 0.25) is 0 Å². The highest BCUT2D eigenvalue weighted by atomic mass is 32.1. The summed E-state index contributed by atoms with van der Waals surface area (Å²) in [6.45, 7) is 3.83. The van der Waals surface area contributed by atoms with Crippen molar-refractivity contribution in [1.29, 1.82) is 0 Å². The molecule has 1 aromatic carbocycles. The van der Waals surface area contributed by atoms with Crippen molar-refractivity contribution >= 4 is 11.3 Å². The van der Waals surface area contributed by atoms with E-state index < -0.39 is 23.6 Å². The molecule has 0 aliphatic heterocycles. The number of hydrogen-bond donors (Lipinski definition) is 1. The van der Waals surface area contributed by atoms with Gasteiger partial charge in [0.1, 0.15) is 5.82 Å². The predicted molar refractivity (Wildman–Crippen MR) is 71.2 cm³/mol. The summed E-state index contributed by atoms with van der Waals surface area (Å²) in [5.74, 6) is -1.29. The summed E-state index contributed by atoms with van der Waals surface area (Å²) in [5, 5.41) is 0. The van der Waals surface area contributed by atoms with Gasteiger partial charge in [0.05, 0.1) is 11.6 Å². The zero-order valence-electron chi connectivity index (χ0n) is 10.9. The van der Waals surface area contributed by atoms with E-state index in [1.54, 1.807) is 0 Å². The van der Waals surface area contributed by atoms with E-state index in [1.165, 1.54) is 17.4 Å². The molecule has 2 rings (SSSR count). The van der Waals surface area contributed by atoms with Crippen LogP contribution in [0.3, 0.4) is 0 Å². The molecule has 0 radical (unpaired) electrons. The molecule has 1 unspecified atom stereocenters. The van der Waals surface area contributed by atoms with Gasteiger partial charge in [0.2, 0.25) is 0 Å². The van der Waals surface area contributed by atoms with Crippen LogP contribution in [0.15, 0.2) is 24.3 Å². The molecule has 0 fully saturated rings. The standard InChI is InChI=1S/C14H13F4NS/c1-7-5-12(20-8(7)2)13(19)9-3-4-11(15)10(6-9)14(16,17)18/h3-6,13H,19H2,1-2H3. The SMILES string of the molecule is Cc1cc(C(N)c2ccc(F)c(C(F)(F)F)c2)sc1C. The molecule has 0 bridgehead atoms. The number of alkyl halides is 3. The van der Waals surface area contributed by atoms with Crippen molar-refractivity contribution in [1.82, 2.24) is 0 Å². The van der Waals surface area contributed by atoms with Crippen LogP contribution < -0.4 is 5.73 Å². The minimum absolute atomic E-state index is 0.250. The smallest absolute Gasteiger partial charge is 0.320 e. The minimum Gasteiger partial charge on any atom is -0.320 e. The van der Waals surface area contributed by atoms with E-state index in [-0.39, 0.29) is 5.56 Å². The number of benzene rings is 1. The van der Waals surface area contributed by atoms with Gasteiger partial charge in [-0.2, -0.15) is 13.2 Å². The summed E-state index contributed by atoms with van der Waals surface area (Å²) in [7, 11) is 0. The van der Waals surface area contributed by atoms with E-state index >= 15 is 0 Å². The molecule has 1 nitrogen and oxygen atoms in total. The molecule has 1 aromatic heterocycles. The van der Waals surface area contributed by atoms with E-state index in [1.807, 2.05) is 19.9 Å². The zero-order chi connectivity index (χ0) is 15.1. The third-order valence-corrected chi connectivity index (χ3v) is 4.38. The van der Waals surface area contributed by atoms with Crippen molar-refractivity contribution in [3.05, 3.63) is 56.5 Å². The van der Waals surface area contributed by atoms with Crippen molar-refractivity contribution in [2.45, 2.75) is 26.1 Å². The molecular formula is C14H13F4NS. The Balaban J connectivity index is 2.43. The van der Waals surface area contributed by atoms with Gasteiger partial charge < -0.3 is 5.73 Å². The number of nitrogens with two attached hydrogens (primary N) is 1. The topological polar surface area (TPSA) is 26.0 Å². The molecule has 0 spiro atoms. The summed E-state index contributed by atoms with van der Waals surface area (Å²) in [6, 6.07) is 4.05. The van der Waals surface area contributed by atoms with Crippen LogP contribution >= 0.6 is 11.3 Å². The van der Waals surface area contributed by atoms with Crippen molar-refractivity contribution in [3.63, 3.8) is 0 Å². The number of rotatable bonds is 2. The van der Waals surface area contributed by atoms with Crippen LogP contribution in [-0.2, 0) is 6.18 Å². The van der Waals surface area contributed by atoms with Crippen molar-refractivity contribution in [3.8, 4) is 0 Å². The summed E-state index contributed by atoms with van der Waals surface area (Å²) in [6.07, 6.45) is -4.72. The lowest BCUT2D eigenvalue weighted by Gasteiger charge is -2.14. The second-order valence-electron chi connectivity index (χ2n) is 4.60. The van der Waals surface area contributed by atoms with Crippen molar-refractivity contribution < 1.29 is 17.6 Å². The van der Waals surface area contributed by atoms with Crippen molar-refractivity contribution in [2.24, 2.45) is 5.73 Å². The quantitative estimate of drug-likeness (QED) is 0.808. The predicted octanol–water partition coefficient (Wildman–Crippen LogP) is 4.57. The molecule has 0 amide bonds. The maximum atomic E-state index is 13.2. The maximum Gasteiger partial charge on any atom is 0.419 e. The van der Waals surface area contributed by atoms with Gasteiger partial charge in [-0.05, 0) is 43.2 Å². The lowest BCUT2D eigenvalue weighted by Crippen LogP contribution is -2.14. The molecule has 1 heterocycles. The normalized spacial score (nSPS) is 13.6. The Bertz CT molecular complexity index is 611. The summed E-state index contributed by atoms with van der Waals surface area (Å²) >= 11 is 1.43. The van der Waals surface area contributed by atoms with E-state index in [0.29, 0.717) is 0 Å². The lowest BCUT2D eigenvalue weighted by molar-refractivity contribution is -0.140. The Labute approximate surface area is 118 Å². The van der Waals surface area contributed by atoms with Crippen LogP contribution in [0, 0.1) is 19.7 Å². The third kappa shape index (κ3) is 2.86. The van der Waals surface area contributed by atoms with E-state index in [2.05, 4.69) is 0 Å². The fourth-order valence-electron chi connectivity index (χ4n) is 1.87. The van der Waals surface area contributed by atoms with Crippen LogP contribution in [0.4, 0.5) is 17.6 Å². The first kappa shape index (κ1) is 15.0. The number of halogens is 4. The Hall–Kier alpha value is -1.40. The van der Waals surface area contributed by atoms with Crippen LogP contribution in [-0.4, -0.2) is 0 Å². The molecule has 0 saturated heterocycles. The fraction of sp³-hybridized carbons (Fsp3) is 0.286. The fourth-order valence-corrected chi connectivity index (χ4v) is 2.95. The molecule has 6 heteroatoms. The van der Waals surface area contributed by atoms with E-state index in [4.69, 9.17) is 5.73 Å². The summed E-state index contributed by atoms with van der Waals surface area (Å²) in [4.78, 5) is 1.83. The van der Waals surface area contributed by atoms with Gasteiger partial charge in [0.15, 0.2) is 0 Å². The van der Waals surface area contributed by atoms with E-state index in [0.717, 1.165) is 27.5 Å². The monoisotopic (exact) mass is 303 g/mol. The first-order chi connectivity index (χ1) is 9.20. The van der Waals surface area contributed by atoms with Gasteiger partial charge in [0, 0.05) is 9.75 Å². The van der Waals surface area contributed by atoms with Gasteiger partial charge in [0.25, 0.3) is 0 Å². The highest BCUT2D eigenvalue weighted by Crippen LogP contribution is 2.35. The largest absolute Gasteiger partial charge is 0.419 e. The Morgan fingerprint density at radius 3 is 2.30 bits per heavy atom. The van der Waals surface area contributed by atoms with Gasteiger partial charge in [-0.15, -0.1) is 11.3 Å². The second-order valence-corrected chi connectivity index (χ2v) is 5.89.